The lowest BCUT2D eigenvalue weighted by Gasteiger charge is -2.20. The van der Waals surface area contributed by atoms with Gasteiger partial charge in [-0.3, -0.25) is 4.79 Å². The number of rotatable bonds is 5. The normalized spacial score (nSPS) is 20.2. The van der Waals surface area contributed by atoms with Crippen LogP contribution in [0.4, 0.5) is 4.79 Å². The van der Waals surface area contributed by atoms with Gasteiger partial charge in [-0.1, -0.05) is 0 Å². The first-order valence-corrected chi connectivity index (χ1v) is 5.96. The minimum atomic E-state index is -0.984. The Bertz CT molecular complexity index is 283. The molecule has 0 aliphatic carbocycles. The molecule has 1 aliphatic rings. The lowest BCUT2D eigenvalue weighted by molar-refractivity contribution is -0.137. The van der Waals surface area contributed by atoms with Gasteiger partial charge < -0.3 is 20.2 Å². The van der Waals surface area contributed by atoms with Crippen LogP contribution >= 0.6 is 0 Å². The second-order valence-electron chi connectivity index (χ2n) is 4.51. The molecular weight excluding hydrogens is 222 g/mol. The van der Waals surface area contributed by atoms with Crippen LogP contribution in [-0.4, -0.2) is 66.7 Å². The molecule has 1 unspecified atom stereocenters. The van der Waals surface area contributed by atoms with Crippen molar-refractivity contribution in [3.05, 3.63) is 0 Å². The molecular formula is C11H21N3O3. The number of likely N-dealkylation sites (tertiary alicyclic amines) is 1. The fourth-order valence-corrected chi connectivity index (χ4v) is 2.03. The molecule has 0 aromatic carbocycles. The lowest BCUT2D eigenvalue weighted by atomic mass is 10.1. The number of nitrogens with one attached hydrogen (secondary N) is 1. The monoisotopic (exact) mass is 243 g/mol. The zero-order chi connectivity index (χ0) is 12.8. The Morgan fingerprint density at radius 2 is 2.24 bits per heavy atom. The molecule has 0 bridgehead atoms. The van der Waals surface area contributed by atoms with Gasteiger partial charge in [-0.05, 0) is 32.9 Å². The summed E-state index contributed by atoms with van der Waals surface area (Å²) in [5.74, 6) is -0.505. The van der Waals surface area contributed by atoms with Crippen molar-refractivity contribution in [3.8, 4) is 0 Å². The van der Waals surface area contributed by atoms with E-state index in [4.69, 9.17) is 5.11 Å². The number of carboxylic acid groups (broad SMARTS) is 1. The number of carbonyl (C=O) groups excluding carboxylic acids is 1. The van der Waals surface area contributed by atoms with E-state index in [1.54, 1.807) is 6.92 Å². The van der Waals surface area contributed by atoms with Gasteiger partial charge in [-0.25, -0.2) is 4.79 Å². The molecule has 98 valence electrons. The summed E-state index contributed by atoms with van der Waals surface area (Å²) in [6, 6.07) is -0.288. The van der Waals surface area contributed by atoms with Crippen LogP contribution in [0.1, 0.15) is 13.3 Å². The van der Waals surface area contributed by atoms with E-state index in [-0.39, 0.29) is 12.6 Å². The van der Waals surface area contributed by atoms with Crippen molar-refractivity contribution in [3.63, 3.8) is 0 Å². The van der Waals surface area contributed by atoms with Gasteiger partial charge in [0.15, 0.2) is 0 Å². The summed E-state index contributed by atoms with van der Waals surface area (Å²) in [5.41, 5.74) is 0. The van der Waals surface area contributed by atoms with E-state index in [2.05, 4.69) is 17.3 Å². The minimum absolute atomic E-state index is 0.243. The maximum atomic E-state index is 11.7. The highest BCUT2D eigenvalue weighted by Gasteiger charge is 2.21. The third-order valence-corrected chi connectivity index (χ3v) is 3.03. The zero-order valence-electron chi connectivity index (χ0n) is 10.5. The van der Waals surface area contributed by atoms with Crippen LogP contribution in [0.3, 0.4) is 0 Å². The molecule has 2 N–H and O–H groups in total. The van der Waals surface area contributed by atoms with E-state index in [0.717, 1.165) is 19.5 Å². The number of hydrogen-bond acceptors (Lipinski definition) is 3. The molecule has 1 rings (SSSR count). The highest BCUT2D eigenvalue weighted by molar-refractivity contribution is 5.80. The molecule has 0 aromatic heterocycles. The van der Waals surface area contributed by atoms with Gasteiger partial charge in [-0.15, -0.1) is 0 Å². The average molecular weight is 243 g/mol. The van der Waals surface area contributed by atoms with Crippen LogP contribution in [-0.2, 0) is 4.79 Å². The Hall–Kier alpha value is -1.30. The molecule has 0 saturated carbocycles. The number of hydrogen-bond donors (Lipinski definition) is 2. The van der Waals surface area contributed by atoms with Crippen molar-refractivity contribution < 1.29 is 14.7 Å². The molecule has 0 aromatic rings. The van der Waals surface area contributed by atoms with Crippen LogP contribution in [0.5, 0.6) is 0 Å². The molecule has 1 aliphatic heterocycles. The van der Waals surface area contributed by atoms with E-state index >= 15 is 0 Å². The van der Waals surface area contributed by atoms with Gasteiger partial charge in [0, 0.05) is 19.6 Å². The largest absolute Gasteiger partial charge is 0.480 e. The number of nitrogens with zero attached hydrogens (tertiary/aromatic N) is 2. The maximum absolute atomic E-state index is 11.7. The lowest BCUT2D eigenvalue weighted by Crippen LogP contribution is -2.44. The summed E-state index contributed by atoms with van der Waals surface area (Å²) >= 11 is 0. The van der Waals surface area contributed by atoms with Crippen molar-refractivity contribution in [2.24, 2.45) is 5.92 Å². The minimum Gasteiger partial charge on any atom is -0.480 e. The van der Waals surface area contributed by atoms with Crippen molar-refractivity contribution in [2.45, 2.75) is 13.3 Å². The summed E-state index contributed by atoms with van der Waals surface area (Å²) in [5, 5.41) is 11.4. The second kappa shape index (κ2) is 6.44. The Balaban J connectivity index is 2.29. The highest BCUT2D eigenvalue weighted by Crippen LogP contribution is 2.12. The molecule has 2 amide bonds. The van der Waals surface area contributed by atoms with E-state index in [1.807, 2.05) is 0 Å². The van der Waals surface area contributed by atoms with Crippen molar-refractivity contribution in [1.82, 2.24) is 15.1 Å². The second-order valence-corrected chi connectivity index (χ2v) is 4.51. The van der Waals surface area contributed by atoms with Crippen LogP contribution in [0.2, 0.25) is 0 Å². The van der Waals surface area contributed by atoms with Crippen LogP contribution in [0, 0.1) is 5.92 Å². The summed E-state index contributed by atoms with van der Waals surface area (Å²) in [4.78, 5) is 25.8. The van der Waals surface area contributed by atoms with Gasteiger partial charge in [0.1, 0.15) is 6.54 Å². The fraction of sp³-hybridized carbons (Fsp3) is 0.818. The van der Waals surface area contributed by atoms with Crippen LogP contribution in [0.15, 0.2) is 0 Å². The predicted molar refractivity (Wildman–Crippen MR) is 63.9 cm³/mol. The highest BCUT2D eigenvalue weighted by atomic mass is 16.4. The van der Waals surface area contributed by atoms with Gasteiger partial charge in [-0.2, -0.15) is 0 Å². The summed E-state index contributed by atoms with van der Waals surface area (Å²) < 4.78 is 0. The van der Waals surface area contributed by atoms with E-state index in [9.17, 15) is 9.59 Å². The van der Waals surface area contributed by atoms with E-state index in [1.165, 1.54) is 4.90 Å². The topological polar surface area (TPSA) is 72.9 Å². The molecule has 0 spiro atoms. The molecule has 17 heavy (non-hydrogen) atoms. The molecule has 1 fully saturated rings. The first kappa shape index (κ1) is 13.8. The van der Waals surface area contributed by atoms with E-state index in [0.29, 0.717) is 19.0 Å². The number of carboxylic acids is 1. The summed E-state index contributed by atoms with van der Waals surface area (Å²) in [6.45, 7) is 4.61. The van der Waals surface area contributed by atoms with Crippen LogP contribution < -0.4 is 5.32 Å². The van der Waals surface area contributed by atoms with E-state index < -0.39 is 5.97 Å². The van der Waals surface area contributed by atoms with Gasteiger partial charge >= 0.3 is 12.0 Å². The summed E-state index contributed by atoms with van der Waals surface area (Å²) in [6.07, 6.45) is 1.09. The quantitative estimate of drug-likeness (QED) is 0.716. The third-order valence-electron chi connectivity index (χ3n) is 3.03. The van der Waals surface area contributed by atoms with Gasteiger partial charge in [0.25, 0.3) is 0 Å². The zero-order valence-corrected chi connectivity index (χ0v) is 10.5. The number of likely N-dealkylation sites (N-methyl/N-ethyl adjacent to an activating group) is 1. The van der Waals surface area contributed by atoms with Crippen molar-refractivity contribution >= 4 is 12.0 Å². The standard InChI is InChI=1S/C11H21N3O3/c1-3-14(8-10(15)16)11(17)12-6-9-4-5-13(2)7-9/h9H,3-8H2,1-2H3,(H,12,17)(H,15,16). The number of urea groups is 1. The molecule has 6 heteroatoms. The van der Waals surface area contributed by atoms with Gasteiger partial charge in [0.2, 0.25) is 0 Å². The molecule has 1 heterocycles. The number of aliphatic carboxylic acids is 1. The Kier molecular flexibility index (Phi) is 5.21. The first-order valence-electron chi connectivity index (χ1n) is 5.96. The van der Waals surface area contributed by atoms with Crippen molar-refractivity contribution in [2.75, 3.05) is 39.8 Å². The predicted octanol–water partition coefficient (Wildman–Crippen LogP) is 0.0542. The molecule has 1 saturated heterocycles. The van der Waals surface area contributed by atoms with Crippen molar-refractivity contribution in [1.29, 1.82) is 0 Å². The molecule has 6 nitrogen and oxygen atoms in total. The van der Waals surface area contributed by atoms with Crippen LogP contribution in [0.25, 0.3) is 0 Å². The number of carbonyl (C=O) groups is 2. The Morgan fingerprint density at radius 1 is 1.53 bits per heavy atom. The fourth-order valence-electron chi connectivity index (χ4n) is 2.03. The summed E-state index contributed by atoms with van der Waals surface area (Å²) in [7, 11) is 2.06. The smallest absolute Gasteiger partial charge is 0.323 e. The SMILES string of the molecule is CCN(CC(=O)O)C(=O)NCC1CCN(C)C1. The van der Waals surface area contributed by atoms with Gasteiger partial charge in [0.05, 0.1) is 0 Å². The molecule has 0 radical (unpaired) electrons. The number of amides is 2. The Morgan fingerprint density at radius 3 is 2.71 bits per heavy atom. The maximum Gasteiger partial charge on any atom is 0.323 e. The third kappa shape index (κ3) is 4.60. The Labute approximate surface area is 102 Å². The first-order chi connectivity index (χ1) is 8.02. The molecule has 1 atom stereocenters. The average Bonchev–Trinajstić information content (AvgIpc) is 2.68.